The molecule has 2 aromatic carbocycles. The first kappa shape index (κ1) is 13.4. The Morgan fingerprint density at radius 3 is 2.30 bits per heavy atom. The Balaban J connectivity index is 1.89. The van der Waals surface area contributed by atoms with Crippen molar-refractivity contribution in [2.75, 3.05) is 6.54 Å². The topological polar surface area (TPSA) is 12.0 Å². The summed E-state index contributed by atoms with van der Waals surface area (Å²) in [4.78, 5) is 0. The molecule has 1 nitrogen and oxygen atoms in total. The molecule has 3 rings (SSSR count). The molecular formula is C19H23N. The monoisotopic (exact) mass is 265 g/mol. The Hall–Kier alpha value is -1.60. The molecule has 0 bridgehead atoms. The average Bonchev–Trinajstić information content (AvgIpc) is 3.20. The minimum Gasteiger partial charge on any atom is -0.306 e. The summed E-state index contributed by atoms with van der Waals surface area (Å²) in [6.07, 6.45) is 2.71. The van der Waals surface area contributed by atoms with Gasteiger partial charge < -0.3 is 5.32 Å². The number of rotatable bonds is 5. The molecular weight excluding hydrogens is 242 g/mol. The smallest absolute Gasteiger partial charge is 0.0579 e. The van der Waals surface area contributed by atoms with Gasteiger partial charge in [-0.15, -0.1) is 0 Å². The summed E-state index contributed by atoms with van der Waals surface area (Å²) in [5, 5.41) is 3.80. The van der Waals surface area contributed by atoms with Crippen LogP contribution in [0.15, 0.2) is 54.6 Å². The van der Waals surface area contributed by atoms with Crippen molar-refractivity contribution in [1.82, 2.24) is 5.32 Å². The summed E-state index contributed by atoms with van der Waals surface area (Å²) in [5.74, 6) is 0. The van der Waals surface area contributed by atoms with E-state index in [0.29, 0.717) is 11.5 Å². The highest BCUT2D eigenvalue weighted by molar-refractivity contribution is 5.36. The molecule has 0 amide bonds. The van der Waals surface area contributed by atoms with Crippen molar-refractivity contribution in [3.63, 3.8) is 0 Å². The number of hydrogen-bond acceptors (Lipinski definition) is 1. The zero-order valence-corrected chi connectivity index (χ0v) is 12.4. The van der Waals surface area contributed by atoms with E-state index < -0.39 is 0 Å². The Morgan fingerprint density at radius 1 is 1.00 bits per heavy atom. The maximum absolute atomic E-state index is 3.80. The van der Waals surface area contributed by atoms with Crippen LogP contribution in [0.4, 0.5) is 0 Å². The lowest BCUT2D eigenvalue weighted by atomic mass is 9.94. The third-order valence-corrected chi connectivity index (χ3v) is 4.47. The molecule has 0 aliphatic heterocycles. The van der Waals surface area contributed by atoms with Gasteiger partial charge in [-0.3, -0.25) is 0 Å². The second kappa shape index (κ2) is 5.41. The lowest BCUT2D eigenvalue weighted by molar-refractivity contribution is 0.469. The van der Waals surface area contributed by atoms with Crippen LogP contribution in [0.5, 0.6) is 0 Å². The van der Waals surface area contributed by atoms with E-state index in [-0.39, 0.29) is 0 Å². The second-order valence-electron chi connectivity index (χ2n) is 6.39. The van der Waals surface area contributed by atoms with Crippen LogP contribution in [0.2, 0.25) is 0 Å². The fourth-order valence-electron chi connectivity index (χ4n) is 2.70. The SMILES string of the molecule is Cc1ccccc1C(NCC1(C)CC1)c1ccccc1. The van der Waals surface area contributed by atoms with Crippen LogP contribution >= 0.6 is 0 Å². The number of hydrogen-bond donors (Lipinski definition) is 1. The second-order valence-corrected chi connectivity index (χ2v) is 6.39. The van der Waals surface area contributed by atoms with Crippen molar-refractivity contribution in [1.29, 1.82) is 0 Å². The summed E-state index contributed by atoms with van der Waals surface area (Å²) in [7, 11) is 0. The van der Waals surface area contributed by atoms with Crippen LogP contribution in [0, 0.1) is 12.3 Å². The fraction of sp³-hybridized carbons (Fsp3) is 0.368. The highest BCUT2D eigenvalue weighted by atomic mass is 14.9. The van der Waals surface area contributed by atoms with Gasteiger partial charge in [0, 0.05) is 6.54 Å². The van der Waals surface area contributed by atoms with Gasteiger partial charge in [-0.1, -0.05) is 61.5 Å². The molecule has 0 aromatic heterocycles. The van der Waals surface area contributed by atoms with E-state index in [1.54, 1.807) is 0 Å². The van der Waals surface area contributed by atoms with E-state index in [0.717, 1.165) is 6.54 Å². The molecule has 1 aliphatic rings. The summed E-state index contributed by atoms with van der Waals surface area (Å²) < 4.78 is 0. The van der Waals surface area contributed by atoms with Crippen LogP contribution in [0.25, 0.3) is 0 Å². The van der Waals surface area contributed by atoms with Crippen molar-refractivity contribution in [2.45, 2.75) is 32.7 Å². The molecule has 1 atom stereocenters. The first-order valence-corrected chi connectivity index (χ1v) is 7.52. The van der Waals surface area contributed by atoms with Crippen LogP contribution < -0.4 is 5.32 Å². The van der Waals surface area contributed by atoms with Gasteiger partial charge in [0.25, 0.3) is 0 Å². The van der Waals surface area contributed by atoms with Crippen molar-refractivity contribution in [2.24, 2.45) is 5.41 Å². The minimum absolute atomic E-state index is 0.301. The Kier molecular flexibility index (Phi) is 3.62. The van der Waals surface area contributed by atoms with Gasteiger partial charge in [0.05, 0.1) is 6.04 Å². The first-order valence-electron chi connectivity index (χ1n) is 7.52. The van der Waals surface area contributed by atoms with Gasteiger partial charge in [-0.05, 0) is 41.9 Å². The molecule has 104 valence electrons. The average molecular weight is 265 g/mol. The number of aryl methyl sites for hydroxylation is 1. The van der Waals surface area contributed by atoms with Gasteiger partial charge in [-0.2, -0.15) is 0 Å². The highest BCUT2D eigenvalue weighted by Crippen LogP contribution is 2.44. The number of benzene rings is 2. The summed E-state index contributed by atoms with van der Waals surface area (Å²) in [6, 6.07) is 19.8. The Morgan fingerprint density at radius 2 is 1.65 bits per heavy atom. The normalized spacial score (nSPS) is 17.7. The van der Waals surface area contributed by atoms with E-state index in [4.69, 9.17) is 0 Å². The molecule has 1 heteroatoms. The molecule has 1 aliphatic carbocycles. The van der Waals surface area contributed by atoms with Crippen LogP contribution in [0.1, 0.15) is 42.5 Å². The third kappa shape index (κ3) is 2.94. The van der Waals surface area contributed by atoms with E-state index in [1.807, 2.05) is 0 Å². The van der Waals surface area contributed by atoms with Crippen LogP contribution in [0.3, 0.4) is 0 Å². The number of nitrogens with one attached hydrogen (secondary N) is 1. The largest absolute Gasteiger partial charge is 0.306 e. The fourth-order valence-corrected chi connectivity index (χ4v) is 2.70. The lowest BCUT2D eigenvalue weighted by Crippen LogP contribution is -2.28. The molecule has 2 aromatic rings. The maximum atomic E-state index is 3.80. The van der Waals surface area contributed by atoms with Crippen molar-refractivity contribution >= 4 is 0 Å². The summed E-state index contributed by atoms with van der Waals surface area (Å²) in [5.41, 5.74) is 4.62. The standard InChI is InChI=1S/C19H23N/c1-15-8-6-7-11-17(15)18(16-9-4-3-5-10-16)20-14-19(2)12-13-19/h3-11,18,20H,12-14H2,1-2H3. The molecule has 0 heterocycles. The van der Waals surface area contributed by atoms with E-state index in [1.165, 1.54) is 29.5 Å². The van der Waals surface area contributed by atoms with Gasteiger partial charge in [0.15, 0.2) is 0 Å². The lowest BCUT2D eigenvalue weighted by Gasteiger charge is -2.23. The molecule has 20 heavy (non-hydrogen) atoms. The van der Waals surface area contributed by atoms with E-state index >= 15 is 0 Å². The zero-order chi connectivity index (χ0) is 14.0. The van der Waals surface area contributed by atoms with E-state index in [9.17, 15) is 0 Å². The Bertz CT molecular complexity index is 569. The van der Waals surface area contributed by atoms with Crippen molar-refractivity contribution in [3.8, 4) is 0 Å². The Labute approximate surface area is 122 Å². The molecule has 0 saturated heterocycles. The molecule has 0 spiro atoms. The molecule has 1 unspecified atom stereocenters. The van der Waals surface area contributed by atoms with Crippen molar-refractivity contribution in [3.05, 3.63) is 71.3 Å². The first-order chi connectivity index (χ1) is 9.68. The predicted molar refractivity (Wildman–Crippen MR) is 84.8 cm³/mol. The van der Waals surface area contributed by atoms with Crippen LogP contribution in [-0.2, 0) is 0 Å². The quantitative estimate of drug-likeness (QED) is 0.841. The third-order valence-electron chi connectivity index (χ3n) is 4.47. The minimum atomic E-state index is 0.301. The molecule has 0 radical (unpaired) electrons. The summed E-state index contributed by atoms with van der Waals surface area (Å²) >= 11 is 0. The highest BCUT2D eigenvalue weighted by Gasteiger charge is 2.37. The van der Waals surface area contributed by atoms with Gasteiger partial charge in [-0.25, -0.2) is 0 Å². The van der Waals surface area contributed by atoms with Gasteiger partial charge in [0.1, 0.15) is 0 Å². The van der Waals surface area contributed by atoms with Gasteiger partial charge >= 0.3 is 0 Å². The molecule has 1 saturated carbocycles. The molecule has 1 fully saturated rings. The van der Waals surface area contributed by atoms with Crippen molar-refractivity contribution < 1.29 is 0 Å². The maximum Gasteiger partial charge on any atom is 0.0579 e. The van der Waals surface area contributed by atoms with Crippen LogP contribution in [-0.4, -0.2) is 6.54 Å². The predicted octanol–water partition coefficient (Wildman–Crippen LogP) is 4.47. The van der Waals surface area contributed by atoms with E-state index in [2.05, 4.69) is 73.8 Å². The summed E-state index contributed by atoms with van der Waals surface area (Å²) in [6.45, 7) is 5.67. The molecule has 1 N–H and O–H groups in total. The zero-order valence-electron chi connectivity index (χ0n) is 12.4. The van der Waals surface area contributed by atoms with Gasteiger partial charge in [0.2, 0.25) is 0 Å².